The van der Waals surface area contributed by atoms with E-state index in [0.717, 1.165) is 11.8 Å². The number of likely N-dealkylation sites (N-methyl/N-ethyl adjacent to an activating group) is 1. The van der Waals surface area contributed by atoms with Crippen LogP contribution in [-0.4, -0.2) is 97.5 Å². The zero-order valence-electron chi connectivity index (χ0n) is 23.5. The molecule has 0 saturated carbocycles. The fraction of sp³-hybridized carbons (Fsp3) is 0.556. The van der Waals surface area contributed by atoms with E-state index in [1.54, 1.807) is 54.5 Å². The van der Waals surface area contributed by atoms with Gasteiger partial charge in [0.05, 0.1) is 41.8 Å². The number of benzene rings is 1. The second-order valence-corrected chi connectivity index (χ2v) is 11.1. The molecule has 0 spiro atoms. The topological polar surface area (TPSA) is 118 Å². The third-order valence-electron chi connectivity index (χ3n) is 6.55. The summed E-state index contributed by atoms with van der Waals surface area (Å²) in [5, 5.41) is 13.7. The smallest absolute Gasteiger partial charge is 0.383 e. The maximum absolute atomic E-state index is 13.1. The van der Waals surface area contributed by atoms with Crippen LogP contribution in [0.15, 0.2) is 34.9 Å². The lowest BCUT2D eigenvalue weighted by Gasteiger charge is -2.35. The molecule has 2 aliphatic heterocycles. The predicted molar refractivity (Wildman–Crippen MR) is 150 cm³/mol. The number of halogens is 3. The average molecular weight is 597 g/mol. The van der Waals surface area contributed by atoms with Crippen LogP contribution in [0.2, 0.25) is 0 Å². The molecule has 2 aliphatic rings. The number of nitrogens with one attached hydrogen (secondary N) is 2. The number of hydrogen-bond donors (Lipinski definition) is 2. The van der Waals surface area contributed by atoms with Crippen molar-refractivity contribution < 1.29 is 32.3 Å². The van der Waals surface area contributed by atoms with Crippen molar-refractivity contribution in [1.29, 1.82) is 5.26 Å². The van der Waals surface area contributed by atoms with Crippen molar-refractivity contribution >= 4 is 40.9 Å². The lowest BCUT2D eigenvalue weighted by atomic mass is 10.2. The highest BCUT2D eigenvalue weighted by atomic mass is 32.2. The molecule has 3 amide bonds. The first-order chi connectivity index (χ1) is 19.3. The molecular formula is C27H35F3N6O4S. The van der Waals surface area contributed by atoms with Crippen molar-refractivity contribution in [3.8, 4) is 6.07 Å². The molecule has 3 atom stereocenters. The molecule has 0 radical (unpaired) electrons. The predicted octanol–water partition coefficient (Wildman–Crippen LogP) is 2.94. The number of ether oxygens (including phenoxy) is 1. The zero-order valence-corrected chi connectivity index (χ0v) is 24.3. The number of anilines is 2. The summed E-state index contributed by atoms with van der Waals surface area (Å²) in [5.41, 5.74) is 1.14. The average Bonchev–Trinajstić information content (AvgIpc) is 3.22. The van der Waals surface area contributed by atoms with Crippen LogP contribution in [0.3, 0.4) is 0 Å². The lowest BCUT2D eigenvalue weighted by Crippen LogP contribution is -2.49. The van der Waals surface area contributed by atoms with Gasteiger partial charge in [0.25, 0.3) is 5.91 Å². The molecule has 1 aromatic rings. The van der Waals surface area contributed by atoms with Crippen LogP contribution in [0.25, 0.3) is 0 Å². The summed E-state index contributed by atoms with van der Waals surface area (Å²) in [6.07, 6.45) is -4.96. The Hall–Kier alpha value is -3.28. The molecule has 2 heterocycles. The molecule has 2 N–H and O–H groups in total. The van der Waals surface area contributed by atoms with E-state index in [2.05, 4.69) is 10.2 Å². The molecular weight excluding hydrogens is 561 g/mol. The SMILES string of the molecule is CCN1C(=O)[C@@H](CNc2cccc(N(C)C(=O)CN3CC(C)OC(C)C3)c2)S/C1=C(/CC#N)C(=O)NCC(F)(F)F. The summed E-state index contributed by atoms with van der Waals surface area (Å²) in [6.45, 7) is 6.02. The van der Waals surface area contributed by atoms with Crippen LogP contribution in [0, 0.1) is 11.3 Å². The normalized spacial score (nSPS) is 22.7. The van der Waals surface area contributed by atoms with Crippen LogP contribution in [0.5, 0.6) is 0 Å². The molecule has 224 valence electrons. The van der Waals surface area contributed by atoms with Gasteiger partial charge in [-0.05, 0) is 39.0 Å². The molecule has 2 unspecified atom stereocenters. The van der Waals surface area contributed by atoms with E-state index in [0.29, 0.717) is 24.5 Å². The first kappa shape index (κ1) is 32.2. The maximum atomic E-state index is 13.1. The van der Waals surface area contributed by atoms with Gasteiger partial charge in [-0.1, -0.05) is 17.8 Å². The molecule has 0 aliphatic carbocycles. The number of nitrogens with zero attached hydrogens (tertiary/aromatic N) is 4. The molecule has 0 bridgehead atoms. The number of morpholine rings is 1. The summed E-state index contributed by atoms with van der Waals surface area (Å²) in [4.78, 5) is 43.5. The van der Waals surface area contributed by atoms with E-state index < -0.39 is 30.3 Å². The van der Waals surface area contributed by atoms with Gasteiger partial charge in [-0.15, -0.1) is 0 Å². The van der Waals surface area contributed by atoms with Crippen LogP contribution >= 0.6 is 11.8 Å². The van der Waals surface area contributed by atoms with Gasteiger partial charge in [0.1, 0.15) is 11.8 Å². The van der Waals surface area contributed by atoms with E-state index in [1.807, 2.05) is 13.8 Å². The fourth-order valence-corrected chi connectivity index (χ4v) is 6.01. The minimum atomic E-state index is -4.61. The molecule has 10 nitrogen and oxygen atoms in total. The monoisotopic (exact) mass is 596 g/mol. The summed E-state index contributed by atoms with van der Waals surface area (Å²) in [7, 11) is 1.70. The van der Waals surface area contributed by atoms with Crippen molar-refractivity contribution in [1.82, 2.24) is 15.1 Å². The van der Waals surface area contributed by atoms with Crippen molar-refractivity contribution in [2.24, 2.45) is 0 Å². The maximum Gasteiger partial charge on any atom is 0.405 e. The van der Waals surface area contributed by atoms with Gasteiger partial charge in [-0.25, -0.2) is 0 Å². The van der Waals surface area contributed by atoms with Crippen molar-refractivity contribution in [3.05, 3.63) is 34.9 Å². The van der Waals surface area contributed by atoms with E-state index in [1.165, 1.54) is 4.90 Å². The van der Waals surface area contributed by atoms with Gasteiger partial charge in [-0.2, -0.15) is 18.4 Å². The Kier molecular flexibility index (Phi) is 11.1. The number of carbonyl (C=O) groups excluding carboxylic acids is 3. The van der Waals surface area contributed by atoms with Crippen molar-refractivity contribution in [2.75, 3.05) is 56.5 Å². The number of hydrogen-bond acceptors (Lipinski definition) is 8. The molecule has 14 heteroatoms. The molecule has 2 fully saturated rings. The van der Waals surface area contributed by atoms with Crippen LogP contribution < -0.4 is 15.5 Å². The van der Waals surface area contributed by atoms with E-state index >= 15 is 0 Å². The Morgan fingerprint density at radius 3 is 2.54 bits per heavy atom. The molecule has 0 aromatic heterocycles. The van der Waals surface area contributed by atoms with E-state index in [4.69, 9.17) is 4.74 Å². The van der Waals surface area contributed by atoms with Crippen LogP contribution in [0.1, 0.15) is 27.2 Å². The minimum absolute atomic E-state index is 0.0461. The van der Waals surface area contributed by atoms with Crippen molar-refractivity contribution in [3.63, 3.8) is 0 Å². The minimum Gasteiger partial charge on any atom is -0.383 e. The van der Waals surface area contributed by atoms with Crippen LogP contribution in [0.4, 0.5) is 24.5 Å². The molecule has 2 saturated heterocycles. The van der Waals surface area contributed by atoms with Gasteiger partial charge < -0.3 is 25.2 Å². The van der Waals surface area contributed by atoms with Crippen molar-refractivity contribution in [2.45, 2.75) is 50.8 Å². The largest absolute Gasteiger partial charge is 0.405 e. The number of rotatable bonds is 10. The lowest BCUT2D eigenvalue weighted by molar-refractivity contribution is -0.136. The van der Waals surface area contributed by atoms with Gasteiger partial charge in [0.15, 0.2) is 0 Å². The third-order valence-corrected chi connectivity index (χ3v) is 7.89. The molecule has 3 rings (SSSR count). The Morgan fingerprint density at radius 2 is 1.93 bits per heavy atom. The Bertz CT molecular complexity index is 1190. The fourth-order valence-electron chi connectivity index (χ4n) is 4.69. The number of amides is 3. The summed E-state index contributed by atoms with van der Waals surface area (Å²) in [5.74, 6) is -1.43. The molecule has 1 aromatic carbocycles. The summed E-state index contributed by atoms with van der Waals surface area (Å²) in [6, 6.07) is 8.96. The summed E-state index contributed by atoms with van der Waals surface area (Å²) < 4.78 is 43.6. The van der Waals surface area contributed by atoms with E-state index in [-0.39, 0.29) is 54.3 Å². The Balaban J connectivity index is 1.67. The Morgan fingerprint density at radius 1 is 1.24 bits per heavy atom. The highest BCUT2D eigenvalue weighted by Crippen LogP contribution is 2.38. The number of nitriles is 1. The van der Waals surface area contributed by atoms with Crippen LogP contribution in [-0.2, 0) is 19.1 Å². The second kappa shape index (κ2) is 14.1. The quantitative estimate of drug-likeness (QED) is 0.396. The van der Waals surface area contributed by atoms with E-state index in [9.17, 15) is 32.8 Å². The van der Waals surface area contributed by atoms with Gasteiger partial charge in [0, 0.05) is 44.6 Å². The van der Waals surface area contributed by atoms with Gasteiger partial charge >= 0.3 is 6.18 Å². The first-order valence-corrected chi connectivity index (χ1v) is 14.1. The third kappa shape index (κ3) is 8.85. The number of carbonyl (C=O) groups is 3. The molecule has 41 heavy (non-hydrogen) atoms. The first-order valence-electron chi connectivity index (χ1n) is 13.2. The highest BCUT2D eigenvalue weighted by molar-refractivity contribution is 8.04. The zero-order chi connectivity index (χ0) is 30.3. The second-order valence-electron chi connectivity index (χ2n) is 9.94. The Labute approximate surface area is 241 Å². The number of alkyl halides is 3. The summed E-state index contributed by atoms with van der Waals surface area (Å²) >= 11 is 1.04. The highest BCUT2D eigenvalue weighted by Gasteiger charge is 2.39. The van der Waals surface area contributed by atoms with Gasteiger partial charge in [-0.3, -0.25) is 19.3 Å². The standard InChI is InChI=1S/C27H35F3N6O4S/c1-5-36-25(39)22(41-26(36)21(9-10-31)24(38)33-16-27(28,29)30)12-32-19-7-6-8-20(11-19)34(4)23(37)15-35-13-17(2)40-18(3)14-35/h6-8,11,17-18,22,32H,5,9,12-16H2,1-4H3,(H,33,38)/b26-21-/t17?,18?,22-/m1/s1. The van der Waals surface area contributed by atoms with Gasteiger partial charge in [0.2, 0.25) is 11.8 Å². The number of thioether (sulfide) groups is 1.